The molecule has 0 bridgehead atoms. The quantitative estimate of drug-likeness (QED) is 0.431. The molecule has 0 aromatic rings. The molecule has 0 fully saturated rings. The molecule has 0 amide bonds. The molecular weight excluding hydrogens is 80.0 g/mol. The van der Waals surface area contributed by atoms with E-state index in [4.69, 9.17) is 0 Å². The highest BCUT2D eigenvalue weighted by atomic mass is 16.1. The van der Waals surface area contributed by atoms with Gasteiger partial charge in [0.15, 0.2) is 0 Å². The Kier molecular flexibility index (Phi) is 3.45. The highest BCUT2D eigenvalue weighted by molar-refractivity contribution is 5.76. The molecule has 0 rings (SSSR count). The van der Waals surface area contributed by atoms with E-state index in [0.29, 0.717) is 0 Å². The molecule has 0 heterocycles. The summed E-state index contributed by atoms with van der Waals surface area (Å²) in [5, 5.41) is 0. The Morgan fingerprint density at radius 3 is 1.50 bits per heavy atom. The van der Waals surface area contributed by atoms with Crippen molar-refractivity contribution in [2.45, 2.75) is 0 Å². The molecule has 0 aliphatic rings. The van der Waals surface area contributed by atoms with E-state index in [-0.39, 0.29) is 0 Å². The Morgan fingerprint density at radius 1 is 1.00 bits per heavy atom. The molecule has 0 aromatic heterocycles. The first-order chi connectivity index (χ1) is 2.91. The van der Waals surface area contributed by atoms with Gasteiger partial charge in [-0.25, -0.2) is 0 Å². The van der Waals surface area contributed by atoms with Crippen LogP contribution in [0.4, 0.5) is 0 Å². The molecule has 6 heavy (non-hydrogen) atoms. The topological polar surface area (TPSA) is 34.1 Å². The molecule has 30 valence electrons. The number of hydrogen-bond donors (Lipinski definition) is 0. The highest BCUT2D eigenvalue weighted by Gasteiger charge is 1.60. The van der Waals surface area contributed by atoms with Crippen LogP contribution < -0.4 is 0 Å². The molecule has 0 aromatic carbocycles. The molecule has 2 nitrogen and oxygen atoms in total. The Morgan fingerprint density at radius 2 is 1.33 bits per heavy atom. The minimum absolute atomic E-state index is 0.951. The van der Waals surface area contributed by atoms with Gasteiger partial charge in [-0.3, -0.25) is 9.59 Å². The lowest BCUT2D eigenvalue weighted by Crippen LogP contribution is -1.59. The second-order valence-corrected chi connectivity index (χ2v) is 0.569. The third kappa shape index (κ3) is 3.08. The predicted octanol–water partition coefficient (Wildman–Crippen LogP) is -0.238. The van der Waals surface area contributed by atoms with Crippen LogP contribution in [-0.2, 0) is 9.59 Å². The fourth-order valence-electron chi connectivity index (χ4n) is 0.0680. The van der Waals surface area contributed by atoms with Crippen LogP contribution in [0.15, 0.2) is 12.2 Å². The van der Waals surface area contributed by atoms with E-state index >= 15 is 0 Å². The average Bonchev–Trinajstić information content (AvgIpc) is 1.61. The van der Waals surface area contributed by atoms with Crippen molar-refractivity contribution in [2.75, 3.05) is 0 Å². The van der Waals surface area contributed by atoms with E-state index in [1.807, 2.05) is 0 Å². The Balaban J connectivity index is 3.17. The number of rotatable bonds is 2. The zero-order valence-corrected chi connectivity index (χ0v) is 2.97. The van der Waals surface area contributed by atoms with Crippen molar-refractivity contribution in [3.63, 3.8) is 0 Å². The molecule has 2 radical (unpaired) electrons. The Bertz CT molecular complexity index is 63.6. The Labute approximate surface area is 35.5 Å². The molecule has 0 N–H and O–H groups in total. The first-order valence-corrected chi connectivity index (χ1v) is 1.32. The van der Waals surface area contributed by atoms with Gasteiger partial charge in [0.1, 0.15) is 0 Å². The van der Waals surface area contributed by atoms with Gasteiger partial charge < -0.3 is 0 Å². The first kappa shape index (κ1) is 5.08. The number of carbonyl (C=O) groups excluding carboxylic acids is 2. The summed E-state index contributed by atoms with van der Waals surface area (Å²) in [7, 11) is 0. The molecule has 0 aliphatic heterocycles. The summed E-state index contributed by atoms with van der Waals surface area (Å²) in [5.41, 5.74) is 0. The van der Waals surface area contributed by atoms with Crippen LogP contribution >= 0.6 is 0 Å². The summed E-state index contributed by atoms with van der Waals surface area (Å²) in [5.74, 6) is 0. The van der Waals surface area contributed by atoms with Gasteiger partial charge in [0.05, 0.1) is 0 Å². The molecular formula is C4H2O2. The van der Waals surface area contributed by atoms with Crippen LogP contribution in [0.1, 0.15) is 0 Å². The number of hydrogen-bond acceptors (Lipinski definition) is 2. The van der Waals surface area contributed by atoms with Crippen molar-refractivity contribution < 1.29 is 9.59 Å². The van der Waals surface area contributed by atoms with Gasteiger partial charge in [0.25, 0.3) is 0 Å². The first-order valence-electron chi connectivity index (χ1n) is 1.32. The van der Waals surface area contributed by atoms with Crippen molar-refractivity contribution in [1.29, 1.82) is 0 Å². The summed E-state index contributed by atoms with van der Waals surface area (Å²) in [4.78, 5) is 18.3. The normalized spacial score (nSPS) is 8.67. The van der Waals surface area contributed by atoms with E-state index in [1.54, 1.807) is 0 Å². The van der Waals surface area contributed by atoms with Gasteiger partial charge in [-0.15, -0.1) is 0 Å². The largest absolute Gasteiger partial charge is 0.286 e. The van der Waals surface area contributed by atoms with Crippen LogP contribution in [0, 0.1) is 0 Å². The Hall–Kier alpha value is -0.920. The van der Waals surface area contributed by atoms with Crippen molar-refractivity contribution in [3.05, 3.63) is 12.2 Å². The zero-order chi connectivity index (χ0) is 4.83. The predicted molar refractivity (Wildman–Crippen MR) is 20.5 cm³/mol. The van der Waals surface area contributed by atoms with Crippen LogP contribution in [0.3, 0.4) is 0 Å². The lowest BCUT2D eigenvalue weighted by Gasteiger charge is -1.49. The average molecular weight is 82.1 g/mol. The van der Waals surface area contributed by atoms with Crippen LogP contribution in [0.5, 0.6) is 0 Å². The molecule has 0 spiro atoms. The van der Waals surface area contributed by atoms with Crippen molar-refractivity contribution in [2.24, 2.45) is 0 Å². The summed E-state index contributed by atoms with van der Waals surface area (Å²) in [6, 6.07) is 0. The maximum atomic E-state index is 9.17. The second-order valence-electron chi connectivity index (χ2n) is 0.569. The molecule has 0 saturated carbocycles. The van der Waals surface area contributed by atoms with E-state index in [2.05, 4.69) is 0 Å². The fourth-order valence-corrected chi connectivity index (χ4v) is 0.0680. The molecule has 2 heteroatoms. The van der Waals surface area contributed by atoms with Gasteiger partial charge >= 0.3 is 0 Å². The highest BCUT2D eigenvalue weighted by Crippen LogP contribution is 1.53. The monoisotopic (exact) mass is 82.0 g/mol. The smallest absolute Gasteiger partial charge is 0.225 e. The SMILES string of the molecule is O=[C]/C=C/[C]=O. The third-order valence-electron chi connectivity index (χ3n) is 0.219. The van der Waals surface area contributed by atoms with Crippen molar-refractivity contribution >= 4 is 12.6 Å². The summed E-state index contributed by atoms with van der Waals surface area (Å²) in [6.45, 7) is 0. The lowest BCUT2D eigenvalue weighted by atomic mass is 10.6. The van der Waals surface area contributed by atoms with Gasteiger partial charge in [0, 0.05) is 0 Å². The van der Waals surface area contributed by atoms with Gasteiger partial charge in [0.2, 0.25) is 12.6 Å². The molecule has 0 saturated heterocycles. The maximum Gasteiger partial charge on any atom is 0.225 e. The zero-order valence-electron chi connectivity index (χ0n) is 2.97. The van der Waals surface area contributed by atoms with E-state index in [0.717, 1.165) is 12.2 Å². The second kappa shape index (κ2) is 4.08. The van der Waals surface area contributed by atoms with Crippen LogP contribution in [0.25, 0.3) is 0 Å². The summed E-state index contributed by atoms with van der Waals surface area (Å²) >= 11 is 0. The fraction of sp³-hybridized carbons (Fsp3) is 0. The van der Waals surface area contributed by atoms with Gasteiger partial charge in [-0.2, -0.15) is 0 Å². The third-order valence-corrected chi connectivity index (χ3v) is 0.219. The van der Waals surface area contributed by atoms with E-state index in [9.17, 15) is 9.59 Å². The molecule has 0 atom stereocenters. The van der Waals surface area contributed by atoms with Crippen LogP contribution in [-0.4, -0.2) is 12.6 Å². The minimum Gasteiger partial charge on any atom is -0.286 e. The number of allylic oxidation sites excluding steroid dienone is 2. The standard InChI is InChI=1S/C4H2O2/c5-3-1-2-4-6/h1-2H/b2-1+. The maximum absolute atomic E-state index is 9.17. The summed E-state index contributed by atoms with van der Waals surface area (Å²) < 4.78 is 0. The van der Waals surface area contributed by atoms with Crippen LogP contribution in [0.2, 0.25) is 0 Å². The van der Waals surface area contributed by atoms with E-state index in [1.165, 1.54) is 12.6 Å². The van der Waals surface area contributed by atoms with Crippen molar-refractivity contribution in [1.82, 2.24) is 0 Å². The van der Waals surface area contributed by atoms with Gasteiger partial charge in [-0.1, -0.05) is 0 Å². The minimum atomic E-state index is 0.951. The lowest BCUT2D eigenvalue weighted by molar-refractivity contribution is 0.561. The molecule has 0 aliphatic carbocycles. The molecule has 0 unspecified atom stereocenters. The van der Waals surface area contributed by atoms with Gasteiger partial charge in [-0.05, 0) is 12.2 Å². The van der Waals surface area contributed by atoms with E-state index < -0.39 is 0 Å². The van der Waals surface area contributed by atoms with Crippen molar-refractivity contribution in [3.8, 4) is 0 Å². The summed E-state index contributed by atoms with van der Waals surface area (Å²) in [6.07, 6.45) is 4.65.